The molecule has 0 fully saturated rings. The molecule has 0 radical (unpaired) electrons. The molecule has 18 heavy (non-hydrogen) atoms. The Morgan fingerprint density at radius 2 is 2.00 bits per heavy atom. The summed E-state index contributed by atoms with van der Waals surface area (Å²) in [5, 5.41) is 0. The van der Waals surface area contributed by atoms with Crippen molar-refractivity contribution in [2.24, 2.45) is 10.7 Å². The fourth-order valence-electron chi connectivity index (χ4n) is 1.56. The molecule has 0 aliphatic heterocycles. The zero-order valence-corrected chi connectivity index (χ0v) is 11.8. The fraction of sp³-hybridized carbons (Fsp3) is 0.300. The van der Waals surface area contributed by atoms with Gasteiger partial charge in [0, 0.05) is 18.9 Å². The lowest BCUT2D eigenvalue weighted by molar-refractivity contribution is 0.558. The highest BCUT2D eigenvalue weighted by atomic mass is 32.2. The number of nitrogens with two attached hydrogens (primary N) is 1. The number of sulfone groups is 1. The van der Waals surface area contributed by atoms with Crippen LogP contribution in [0.3, 0.4) is 0 Å². The standard InChI is InChI=1S/C10H14N2O4S2/c1-6-4-5-7(18(3,15)16)9(17(13)14)8(6)10(11)12-2/h4-5H,1-3H3,(H2,11,12)(H,13,14). The minimum atomic E-state index is -3.62. The molecule has 8 heteroatoms. The SMILES string of the molecule is CN=C(N)c1c(C)ccc(S(C)(=O)=O)c1S(=O)O. The van der Waals surface area contributed by atoms with E-state index in [1.807, 2.05) is 0 Å². The number of hydrogen-bond acceptors (Lipinski definition) is 4. The van der Waals surface area contributed by atoms with Gasteiger partial charge in [0.1, 0.15) is 5.84 Å². The summed E-state index contributed by atoms with van der Waals surface area (Å²) in [6.07, 6.45) is 0.969. The minimum Gasteiger partial charge on any atom is -0.383 e. The van der Waals surface area contributed by atoms with Gasteiger partial charge >= 0.3 is 0 Å². The number of aryl methyl sites for hydroxylation is 1. The molecule has 100 valence electrons. The Balaban J connectivity index is 3.87. The van der Waals surface area contributed by atoms with E-state index < -0.39 is 20.9 Å². The summed E-state index contributed by atoms with van der Waals surface area (Å²) in [5.41, 5.74) is 6.44. The minimum absolute atomic E-state index is 0.0235. The van der Waals surface area contributed by atoms with Gasteiger partial charge in [-0.1, -0.05) is 6.07 Å². The van der Waals surface area contributed by atoms with E-state index in [2.05, 4.69) is 4.99 Å². The topological polar surface area (TPSA) is 110 Å². The van der Waals surface area contributed by atoms with Crippen LogP contribution in [0.15, 0.2) is 26.9 Å². The maximum atomic E-state index is 11.6. The first-order chi connectivity index (χ1) is 8.20. The molecule has 0 heterocycles. The Morgan fingerprint density at radius 3 is 2.39 bits per heavy atom. The average Bonchev–Trinajstić information content (AvgIpc) is 2.25. The first-order valence-electron chi connectivity index (χ1n) is 4.87. The number of rotatable bonds is 3. The van der Waals surface area contributed by atoms with Crippen LogP contribution < -0.4 is 5.73 Å². The van der Waals surface area contributed by atoms with Crippen LogP contribution in [0.2, 0.25) is 0 Å². The third-order valence-corrected chi connectivity index (χ3v) is 4.44. The molecule has 0 amide bonds. The second-order valence-corrected chi connectivity index (χ2v) is 6.61. The molecule has 6 nitrogen and oxygen atoms in total. The Morgan fingerprint density at radius 1 is 1.44 bits per heavy atom. The third-order valence-electron chi connectivity index (χ3n) is 2.40. The maximum absolute atomic E-state index is 11.6. The number of nitrogens with zero attached hydrogens (tertiary/aromatic N) is 1. The fourth-order valence-corrected chi connectivity index (χ4v) is 3.66. The van der Waals surface area contributed by atoms with Gasteiger partial charge in [0.2, 0.25) is 0 Å². The van der Waals surface area contributed by atoms with Gasteiger partial charge in [-0.25, -0.2) is 12.6 Å². The van der Waals surface area contributed by atoms with E-state index in [4.69, 9.17) is 5.73 Å². The summed E-state index contributed by atoms with van der Waals surface area (Å²) in [6, 6.07) is 2.82. The number of amidine groups is 1. The highest BCUT2D eigenvalue weighted by Crippen LogP contribution is 2.25. The van der Waals surface area contributed by atoms with Gasteiger partial charge in [-0.2, -0.15) is 0 Å². The van der Waals surface area contributed by atoms with Crippen LogP contribution in [0.1, 0.15) is 11.1 Å². The van der Waals surface area contributed by atoms with Crippen LogP contribution in [0.5, 0.6) is 0 Å². The zero-order chi connectivity index (χ0) is 14.1. The van der Waals surface area contributed by atoms with Crippen molar-refractivity contribution in [1.82, 2.24) is 0 Å². The molecule has 1 rings (SSSR count). The molecule has 1 unspecified atom stereocenters. The predicted molar refractivity (Wildman–Crippen MR) is 70.0 cm³/mol. The van der Waals surface area contributed by atoms with Gasteiger partial charge in [0.05, 0.1) is 9.79 Å². The molecule has 1 aromatic rings. The molecule has 1 aromatic carbocycles. The predicted octanol–water partition coefficient (Wildman–Crippen LogP) is 0.314. The molecule has 0 aromatic heterocycles. The number of aliphatic imine (C=N–C) groups is 1. The van der Waals surface area contributed by atoms with Gasteiger partial charge < -0.3 is 10.3 Å². The Labute approximate surface area is 108 Å². The maximum Gasteiger partial charge on any atom is 0.188 e. The van der Waals surface area contributed by atoms with E-state index >= 15 is 0 Å². The van der Waals surface area contributed by atoms with Crippen molar-refractivity contribution in [3.8, 4) is 0 Å². The Kier molecular flexibility index (Phi) is 4.25. The van der Waals surface area contributed by atoms with Crippen LogP contribution in [0.4, 0.5) is 0 Å². The average molecular weight is 290 g/mol. The third kappa shape index (κ3) is 2.77. The van der Waals surface area contributed by atoms with E-state index in [0.29, 0.717) is 5.56 Å². The molecule has 0 saturated carbocycles. The Hall–Kier alpha value is -1.25. The summed E-state index contributed by atoms with van der Waals surface area (Å²) < 4.78 is 43.9. The zero-order valence-electron chi connectivity index (χ0n) is 10.2. The van der Waals surface area contributed by atoms with Gasteiger partial charge in [-0.05, 0) is 18.6 Å². The van der Waals surface area contributed by atoms with Crippen molar-refractivity contribution in [3.63, 3.8) is 0 Å². The van der Waals surface area contributed by atoms with Gasteiger partial charge in [0.15, 0.2) is 20.9 Å². The monoisotopic (exact) mass is 290 g/mol. The van der Waals surface area contributed by atoms with Crippen molar-refractivity contribution < 1.29 is 17.2 Å². The summed E-state index contributed by atoms with van der Waals surface area (Å²) in [6.45, 7) is 1.66. The van der Waals surface area contributed by atoms with Gasteiger partial charge in [0.25, 0.3) is 0 Å². The largest absolute Gasteiger partial charge is 0.383 e. The Bertz CT molecular complexity index is 636. The molecule has 1 atom stereocenters. The summed E-state index contributed by atoms with van der Waals surface area (Å²) >= 11 is -2.47. The molecule has 0 spiro atoms. The molecule has 0 saturated heterocycles. The first kappa shape index (κ1) is 14.8. The van der Waals surface area contributed by atoms with Crippen LogP contribution in [-0.2, 0) is 20.9 Å². The molecular weight excluding hydrogens is 276 g/mol. The lowest BCUT2D eigenvalue weighted by Crippen LogP contribution is -2.20. The highest BCUT2D eigenvalue weighted by Gasteiger charge is 2.23. The van der Waals surface area contributed by atoms with Crippen LogP contribution in [-0.4, -0.2) is 36.3 Å². The molecule has 0 bridgehead atoms. The molecule has 0 aliphatic rings. The van der Waals surface area contributed by atoms with Crippen molar-refractivity contribution in [2.75, 3.05) is 13.3 Å². The van der Waals surface area contributed by atoms with E-state index in [-0.39, 0.29) is 21.2 Å². The van der Waals surface area contributed by atoms with Crippen LogP contribution in [0, 0.1) is 6.92 Å². The summed E-state index contributed by atoms with van der Waals surface area (Å²) in [7, 11) is -2.20. The van der Waals surface area contributed by atoms with E-state index in [1.54, 1.807) is 6.92 Å². The van der Waals surface area contributed by atoms with E-state index in [9.17, 15) is 17.2 Å². The normalized spacial score (nSPS) is 14.6. The number of benzene rings is 1. The van der Waals surface area contributed by atoms with Gasteiger partial charge in [-0.15, -0.1) is 0 Å². The molecule has 3 N–H and O–H groups in total. The lowest BCUT2D eigenvalue weighted by atomic mass is 10.1. The summed E-state index contributed by atoms with van der Waals surface area (Å²) in [4.78, 5) is 3.31. The van der Waals surface area contributed by atoms with Crippen LogP contribution in [0.25, 0.3) is 0 Å². The van der Waals surface area contributed by atoms with Crippen molar-refractivity contribution in [2.45, 2.75) is 16.7 Å². The van der Waals surface area contributed by atoms with Crippen molar-refractivity contribution >= 4 is 26.8 Å². The van der Waals surface area contributed by atoms with Crippen molar-refractivity contribution in [1.29, 1.82) is 0 Å². The van der Waals surface area contributed by atoms with Crippen molar-refractivity contribution in [3.05, 3.63) is 23.3 Å². The van der Waals surface area contributed by atoms with E-state index in [0.717, 1.165) is 6.26 Å². The molecular formula is C10H14N2O4S2. The molecule has 0 aliphatic carbocycles. The lowest BCUT2D eigenvalue weighted by Gasteiger charge is -2.13. The van der Waals surface area contributed by atoms with Gasteiger partial charge in [-0.3, -0.25) is 4.99 Å². The van der Waals surface area contributed by atoms with E-state index in [1.165, 1.54) is 19.2 Å². The van der Waals surface area contributed by atoms with Crippen LogP contribution >= 0.6 is 0 Å². The smallest absolute Gasteiger partial charge is 0.188 e. The highest BCUT2D eigenvalue weighted by molar-refractivity contribution is 7.91. The second kappa shape index (κ2) is 5.17. The first-order valence-corrected chi connectivity index (χ1v) is 7.87. The quantitative estimate of drug-likeness (QED) is 0.473. The number of hydrogen-bond donors (Lipinski definition) is 2. The summed E-state index contributed by atoms with van der Waals surface area (Å²) in [5.74, 6) is 0.0235. The second-order valence-electron chi connectivity index (χ2n) is 3.71.